The van der Waals surface area contributed by atoms with Gasteiger partial charge in [0.05, 0.1) is 26.4 Å². The lowest BCUT2D eigenvalue weighted by Gasteiger charge is -2.21. The molecule has 0 saturated carbocycles. The minimum atomic E-state index is -4.96. The highest BCUT2D eigenvalue weighted by Gasteiger charge is 2.30. The van der Waals surface area contributed by atoms with Gasteiger partial charge >= 0.3 is 39.5 Å². The highest BCUT2D eigenvalue weighted by atomic mass is 31.2. The third-order valence-corrected chi connectivity index (χ3v) is 20.7. The van der Waals surface area contributed by atoms with Gasteiger partial charge in [0.1, 0.15) is 19.3 Å². The Morgan fingerprint density at radius 3 is 0.620 bits per heavy atom. The van der Waals surface area contributed by atoms with E-state index in [-0.39, 0.29) is 25.7 Å². The van der Waals surface area contributed by atoms with Crippen LogP contribution in [-0.4, -0.2) is 96.7 Å². The number of ether oxygens (including phenoxy) is 4. The van der Waals surface area contributed by atoms with Crippen LogP contribution in [0.25, 0.3) is 0 Å². The second-order valence-electron chi connectivity index (χ2n) is 31.1. The molecule has 0 bridgehead atoms. The fourth-order valence-electron chi connectivity index (χ4n) is 12.4. The van der Waals surface area contributed by atoms with Crippen molar-refractivity contribution >= 4 is 39.5 Å². The summed E-state index contributed by atoms with van der Waals surface area (Å²) in [5.74, 6) is 0.946. The molecule has 5 atom stereocenters. The summed E-state index contributed by atoms with van der Waals surface area (Å²) in [6, 6.07) is 0. The highest BCUT2D eigenvalue weighted by Crippen LogP contribution is 2.45. The molecule has 0 aromatic carbocycles. The average Bonchev–Trinajstić information content (AvgIpc) is 0.944. The van der Waals surface area contributed by atoms with E-state index in [9.17, 15) is 43.2 Å². The van der Waals surface area contributed by atoms with E-state index in [2.05, 4.69) is 55.4 Å². The summed E-state index contributed by atoms with van der Waals surface area (Å²) in [5, 5.41) is 10.6. The number of esters is 4. The van der Waals surface area contributed by atoms with Crippen molar-refractivity contribution in [2.45, 2.75) is 433 Å². The van der Waals surface area contributed by atoms with Crippen molar-refractivity contribution in [2.75, 3.05) is 39.6 Å². The van der Waals surface area contributed by atoms with E-state index in [0.29, 0.717) is 25.7 Å². The van der Waals surface area contributed by atoms with Gasteiger partial charge < -0.3 is 33.8 Å². The first-order valence-electron chi connectivity index (χ1n) is 41.7. The van der Waals surface area contributed by atoms with Gasteiger partial charge in [0.25, 0.3) is 0 Å². The number of hydrogen-bond donors (Lipinski definition) is 3. The zero-order valence-corrected chi connectivity index (χ0v) is 67.6. The number of hydrogen-bond acceptors (Lipinski definition) is 15. The lowest BCUT2D eigenvalue weighted by atomic mass is 10.0. The summed E-state index contributed by atoms with van der Waals surface area (Å²) in [7, 11) is -9.92. The number of unbranched alkanes of at least 4 members (excludes halogenated alkanes) is 44. The van der Waals surface area contributed by atoms with Crippen LogP contribution >= 0.6 is 15.6 Å². The molecular formula is C81H158O17P2. The van der Waals surface area contributed by atoms with Gasteiger partial charge in [-0.05, 0) is 49.4 Å². The SMILES string of the molecule is CC(C)CCCCCCCCCCCCCCCCCCCCC(=O)OC[C@H](COP(=O)(O)OCC(O)COP(=O)(O)OC[C@@H](COC(=O)CCCCCCCCCCC(C)C)OC(=O)CCCCCCCCCCC(C)C)OC(=O)CCCCCCCCCCCCCCCCC(C)C. The standard InChI is InChI=1S/C81H158O17P2/c1-71(2)57-49-41-33-25-21-17-13-11-9-10-12-14-19-23-27-37-45-53-61-78(83)91-67-76(97-80(85)63-55-47-39-28-24-20-16-15-18-22-26-34-42-50-58-72(3)4)69-95-99(87,88)93-65-75(82)66-94-100(89,90)96-70-77(98-81(86)64-56-48-40-32-30-36-44-52-60-74(7)8)68-92-79(84)62-54-46-38-31-29-35-43-51-59-73(5)6/h71-77,82H,9-70H2,1-8H3,(H,87,88)(H,89,90)/t75?,76-,77-/m1/s1. The third-order valence-electron chi connectivity index (χ3n) is 18.8. The molecule has 0 fully saturated rings. The first-order valence-corrected chi connectivity index (χ1v) is 44.7. The molecule has 0 rings (SSSR count). The molecular weight excluding hydrogens is 1310 g/mol. The van der Waals surface area contributed by atoms with Crippen LogP contribution in [0.4, 0.5) is 0 Å². The van der Waals surface area contributed by atoms with Gasteiger partial charge in [0.2, 0.25) is 0 Å². The van der Waals surface area contributed by atoms with Crippen LogP contribution in [0.15, 0.2) is 0 Å². The van der Waals surface area contributed by atoms with Crippen LogP contribution in [0, 0.1) is 23.7 Å². The van der Waals surface area contributed by atoms with E-state index in [1.165, 1.54) is 218 Å². The lowest BCUT2D eigenvalue weighted by molar-refractivity contribution is -0.161. The Kier molecular flexibility index (Phi) is 68.7. The minimum Gasteiger partial charge on any atom is -0.462 e. The molecule has 3 unspecified atom stereocenters. The third kappa shape index (κ3) is 74.3. The Bertz CT molecular complexity index is 1950. The zero-order valence-electron chi connectivity index (χ0n) is 65.8. The molecule has 0 spiro atoms. The summed E-state index contributed by atoms with van der Waals surface area (Å²) in [6.07, 6.45) is 57.1. The van der Waals surface area contributed by atoms with Gasteiger partial charge in [0, 0.05) is 25.7 Å². The maximum absolute atomic E-state index is 13.1. The second-order valence-corrected chi connectivity index (χ2v) is 34.0. The molecule has 0 amide bonds. The van der Waals surface area contributed by atoms with E-state index in [0.717, 1.165) is 114 Å². The van der Waals surface area contributed by atoms with Gasteiger partial charge in [-0.1, -0.05) is 364 Å². The number of aliphatic hydroxyl groups is 1. The summed E-state index contributed by atoms with van der Waals surface area (Å²) in [6.45, 7) is 14.2. The first kappa shape index (κ1) is 98.1. The van der Waals surface area contributed by atoms with E-state index in [4.69, 9.17) is 37.0 Å². The molecule has 19 heteroatoms. The van der Waals surface area contributed by atoms with Crippen LogP contribution < -0.4 is 0 Å². The van der Waals surface area contributed by atoms with E-state index in [1.54, 1.807) is 0 Å². The number of phosphoric acid groups is 2. The molecule has 0 heterocycles. The summed E-state index contributed by atoms with van der Waals surface area (Å²) in [5.41, 5.74) is 0. The molecule has 0 saturated heterocycles. The van der Waals surface area contributed by atoms with Crippen LogP contribution in [0.1, 0.15) is 415 Å². The number of aliphatic hydroxyl groups excluding tert-OH is 1. The molecule has 17 nitrogen and oxygen atoms in total. The van der Waals surface area contributed by atoms with Gasteiger partial charge in [-0.25, -0.2) is 9.13 Å². The van der Waals surface area contributed by atoms with E-state index < -0.39 is 97.5 Å². The van der Waals surface area contributed by atoms with Gasteiger partial charge in [-0.2, -0.15) is 0 Å². The number of carbonyl (C=O) groups is 4. The van der Waals surface area contributed by atoms with Crippen molar-refractivity contribution in [1.29, 1.82) is 0 Å². The first-order chi connectivity index (χ1) is 48.1. The van der Waals surface area contributed by atoms with Crippen molar-refractivity contribution in [3.8, 4) is 0 Å². The fraction of sp³-hybridized carbons (Fsp3) is 0.951. The van der Waals surface area contributed by atoms with Crippen molar-refractivity contribution < 1.29 is 80.2 Å². The molecule has 0 radical (unpaired) electrons. The molecule has 594 valence electrons. The monoisotopic (exact) mass is 1470 g/mol. The Morgan fingerprint density at radius 2 is 0.420 bits per heavy atom. The van der Waals surface area contributed by atoms with Gasteiger partial charge in [-0.3, -0.25) is 37.3 Å². The molecule has 3 N–H and O–H groups in total. The number of carbonyl (C=O) groups excluding carboxylic acids is 4. The van der Waals surface area contributed by atoms with E-state index in [1.807, 2.05) is 0 Å². The molecule has 0 aromatic heterocycles. The van der Waals surface area contributed by atoms with Crippen molar-refractivity contribution in [3.63, 3.8) is 0 Å². The Hall–Kier alpha value is -1.94. The van der Waals surface area contributed by atoms with Crippen molar-refractivity contribution in [1.82, 2.24) is 0 Å². The summed E-state index contributed by atoms with van der Waals surface area (Å²) >= 11 is 0. The largest absolute Gasteiger partial charge is 0.472 e. The van der Waals surface area contributed by atoms with Gasteiger partial charge in [-0.15, -0.1) is 0 Å². The summed E-state index contributed by atoms with van der Waals surface area (Å²) < 4.78 is 68.7. The van der Waals surface area contributed by atoms with E-state index >= 15 is 0 Å². The normalized spacial score (nSPS) is 14.0. The van der Waals surface area contributed by atoms with Crippen LogP contribution in [0.2, 0.25) is 0 Å². The minimum absolute atomic E-state index is 0.104. The highest BCUT2D eigenvalue weighted by molar-refractivity contribution is 7.47. The number of rotatable bonds is 78. The van der Waals surface area contributed by atoms with Crippen LogP contribution in [0.5, 0.6) is 0 Å². The molecule has 0 aliphatic heterocycles. The quantitative estimate of drug-likeness (QED) is 0.0222. The Morgan fingerprint density at radius 1 is 0.250 bits per heavy atom. The zero-order chi connectivity index (χ0) is 73.8. The molecule has 0 aliphatic rings. The Balaban J connectivity index is 5.21. The molecule has 100 heavy (non-hydrogen) atoms. The maximum Gasteiger partial charge on any atom is 0.472 e. The van der Waals surface area contributed by atoms with Crippen LogP contribution in [0.3, 0.4) is 0 Å². The average molecular weight is 1470 g/mol. The predicted molar refractivity (Wildman–Crippen MR) is 409 cm³/mol. The van der Waals surface area contributed by atoms with Gasteiger partial charge in [0.15, 0.2) is 12.2 Å². The molecule has 0 aliphatic carbocycles. The van der Waals surface area contributed by atoms with Crippen molar-refractivity contribution in [3.05, 3.63) is 0 Å². The second kappa shape index (κ2) is 70.1. The fourth-order valence-corrected chi connectivity index (χ4v) is 14.0. The predicted octanol–water partition coefficient (Wildman–Crippen LogP) is 24.0. The lowest BCUT2D eigenvalue weighted by Crippen LogP contribution is -2.30. The van der Waals surface area contributed by atoms with Crippen LogP contribution in [-0.2, 0) is 65.4 Å². The maximum atomic E-state index is 13.1. The Labute approximate surface area is 613 Å². The smallest absolute Gasteiger partial charge is 0.462 e. The molecule has 0 aromatic rings. The van der Waals surface area contributed by atoms with Crippen molar-refractivity contribution in [2.24, 2.45) is 23.7 Å². The number of phosphoric ester groups is 2. The summed E-state index contributed by atoms with van der Waals surface area (Å²) in [4.78, 5) is 73.0. The topological polar surface area (TPSA) is 237 Å².